The Kier molecular flexibility index (Phi) is 4.96. The Balaban J connectivity index is 1.54. The minimum absolute atomic E-state index is 0.0531. The minimum atomic E-state index is 0.0531. The summed E-state index contributed by atoms with van der Waals surface area (Å²) in [6, 6.07) is 18.7. The van der Waals surface area contributed by atoms with Gasteiger partial charge in [0.2, 0.25) is 5.91 Å². The Bertz CT molecular complexity index is 654. The second-order valence-corrected chi connectivity index (χ2v) is 6.17. The molecule has 3 heteroatoms. The van der Waals surface area contributed by atoms with Crippen LogP contribution in [-0.2, 0) is 11.2 Å². The predicted molar refractivity (Wildman–Crippen MR) is 94.6 cm³/mol. The molecule has 3 nitrogen and oxygen atoms in total. The van der Waals surface area contributed by atoms with Crippen LogP contribution in [0.5, 0.6) is 0 Å². The van der Waals surface area contributed by atoms with Crippen LogP contribution < -0.4 is 10.2 Å². The molecule has 0 aliphatic carbocycles. The van der Waals surface area contributed by atoms with Gasteiger partial charge in [0.15, 0.2) is 0 Å². The fourth-order valence-electron chi connectivity index (χ4n) is 3.22. The zero-order chi connectivity index (χ0) is 16.1. The molecule has 0 saturated carbocycles. The molecule has 2 aromatic carbocycles. The highest BCUT2D eigenvalue weighted by Gasteiger charge is 2.17. The van der Waals surface area contributed by atoms with E-state index in [9.17, 15) is 4.79 Å². The van der Waals surface area contributed by atoms with E-state index in [1.807, 2.05) is 37.3 Å². The Hall–Kier alpha value is -2.29. The van der Waals surface area contributed by atoms with Gasteiger partial charge in [-0.25, -0.2) is 0 Å². The average molecular weight is 308 g/mol. The minimum Gasteiger partial charge on any atom is -0.371 e. The van der Waals surface area contributed by atoms with Crippen LogP contribution in [0.1, 0.15) is 36.9 Å². The molecule has 3 rings (SSSR count). The highest BCUT2D eigenvalue weighted by molar-refractivity contribution is 5.77. The molecule has 0 radical (unpaired) electrons. The number of hydrogen-bond acceptors (Lipinski definition) is 2. The van der Waals surface area contributed by atoms with E-state index in [4.69, 9.17) is 0 Å². The third-order valence-electron chi connectivity index (χ3n) is 4.49. The zero-order valence-corrected chi connectivity index (χ0v) is 13.7. The second kappa shape index (κ2) is 7.32. The number of para-hydroxylation sites is 1. The number of nitrogens with one attached hydrogen (secondary N) is 1. The first-order valence-corrected chi connectivity index (χ1v) is 8.41. The lowest BCUT2D eigenvalue weighted by molar-refractivity contribution is -0.121. The SMILES string of the molecule is CC(NC(=O)CCN1CCCc2ccccc21)c1ccccc1. The van der Waals surface area contributed by atoms with E-state index >= 15 is 0 Å². The predicted octanol–water partition coefficient (Wildman–Crippen LogP) is 3.71. The summed E-state index contributed by atoms with van der Waals surface area (Å²) in [5, 5.41) is 3.09. The van der Waals surface area contributed by atoms with E-state index in [1.54, 1.807) is 0 Å². The molecule has 2 aromatic rings. The van der Waals surface area contributed by atoms with Crippen LogP contribution in [0.2, 0.25) is 0 Å². The molecule has 1 aliphatic rings. The first kappa shape index (κ1) is 15.6. The number of amides is 1. The van der Waals surface area contributed by atoms with Crippen molar-refractivity contribution in [1.29, 1.82) is 0 Å². The summed E-state index contributed by atoms with van der Waals surface area (Å²) in [6.07, 6.45) is 2.84. The van der Waals surface area contributed by atoms with E-state index in [2.05, 4.69) is 34.5 Å². The number of fused-ring (bicyclic) bond motifs is 1. The van der Waals surface area contributed by atoms with Gasteiger partial charge in [-0.3, -0.25) is 4.79 Å². The monoisotopic (exact) mass is 308 g/mol. The van der Waals surface area contributed by atoms with Crippen molar-refractivity contribution in [3.8, 4) is 0 Å². The molecule has 120 valence electrons. The number of nitrogens with zero attached hydrogens (tertiary/aromatic N) is 1. The molecular weight excluding hydrogens is 284 g/mol. The molecular formula is C20H24N2O. The normalized spacial score (nSPS) is 14.9. The Labute approximate surface area is 138 Å². The summed E-state index contributed by atoms with van der Waals surface area (Å²) in [5.74, 6) is 0.115. The van der Waals surface area contributed by atoms with Crippen molar-refractivity contribution in [1.82, 2.24) is 5.32 Å². The van der Waals surface area contributed by atoms with E-state index in [-0.39, 0.29) is 11.9 Å². The number of hydrogen-bond donors (Lipinski definition) is 1. The van der Waals surface area contributed by atoms with Gasteiger partial charge < -0.3 is 10.2 Å². The van der Waals surface area contributed by atoms with Crippen LogP contribution in [0.4, 0.5) is 5.69 Å². The van der Waals surface area contributed by atoms with Crippen molar-refractivity contribution in [3.63, 3.8) is 0 Å². The molecule has 1 aliphatic heterocycles. The van der Waals surface area contributed by atoms with Gasteiger partial charge in [0.1, 0.15) is 0 Å². The molecule has 1 unspecified atom stereocenters. The van der Waals surface area contributed by atoms with Crippen LogP contribution >= 0.6 is 0 Å². The first-order valence-electron chi connectivity index (χ1n) is 8.41. The van der Waals surface area contributed by atoms with E-state index in [0.29, 0.717) is 6.42 Å². The molecule has 0 aromatic heterocycles. The van der Waals surface area contributed by atoms with Crippen molar-refractivity contribution in [2.24, 2.45) is 0 Å². The van der Waals surface area contributed by atoms with E-state index in [1.165, 1.54) is 17.7 Å². The van der Waals surface area contributed by atoms with Crippen molar-refractivity contribution < 1.29 is 4.79 Å². The van der Waals surface area contributed by atoms with Crippen LogP contribution in [-0.4, -0.2) is 19.0 Å². The van der Waals surface area contributed by atoms with E-state index < -0.39 is 0 Å². The summed E-state index contributed by atoms with van der Waals surface area (Å²) < 4.78 is 0. The van der Waals surface area contributed by atoms with Crippen LogP contribution in [0.3, 0.4) is 0 Å². The molecule has 1 heterocycles. The van der Waals surface area contributed by atoms with Gasteiger partial charge in [0, 0.05) is 25.2 Å². The molecule has 0 fully saturated rings. The fraction of sp³-hybridized carbons (Fsp3) is 0.350. The van der Waals surface area contributed by atoms with E-state index in [0.717, 1.165) is 25.1 Å². The van der Waals surface area contributed by atoms with Gasteiger partial charge in [-0.1, -0.05) is 48.5 Å². The number of carbonyl (C=O) groups is 1. The average Bonchev–Trinajstić information content (AvgIpc) is 2.60. The molecule has 0 bridgehead atoms. The molecule has 1 N–H and O–H groups in total. The smallest absolute Gasteiger partial charge is 0.222 e. The summed E-state index contributed by atoms with van der Waals surface area (Å²) in [6.45, 7) is 3.85. The van der Waals surface area contributed by atoms with Crippen molar-refractivity contribution in [2.75, 3.05) is 18.0 Å². The molecule has 0 saturated heterocycles. The highest BCUT2D eigenvalue weighted by Crippen LogP contribution is 2.26. The summed E-state index contributed by atoms with van der Waals surface area (Å²) in [5.41, 5.74) is 3.84. The number of carbonyl (C=O) groups excluding carboxylic acids is 1. The van der Waals surface area contributed by atoms with Gasteiger partial charge in [0.25, 0.3) is 0 Å². The molecule has 0 spiro atoms. The summed E-state index contributed by atoms with van der Waals surface area (Å²) in [4.78, 5) is 14.6. The quantitative estimate of drug-likeness (QED) is 0.913. The number of anilines is 1. The number of rotatable bonds is 5. The Morgan fingerprint density at radius 2 is 1.87 bits per heavy atom. The third-order valence-corrected chi connectivity index (χ3v) is 4.49. The number of benzene rings is 2. The standard InChI is InChI=1S/C20H24N2O/c1-16(17-8-3-2-4-9-17)21-20(23)13-15-22-14-7-11-18-10-5-6-12-19(18)22/h2-6,8-10,12,16H,7,11,13-15H2,1H3,(H,21,23). The van der Waals surface area contributed by atoms with Crippen LogP contribution in [0.15, 0.2) is 54.6 Å². The summed E-state index contributed by atoms with van der Waals surface area (Å²) >= 11 is 0. The second-order valence-electron chi connectivity index (χ2n) is 6.17. The Morgan fingerprint density at radius 3 is 2.70 bits per heavy atom. The Morgan fingerprint density at radius 1 is 1.13 bits per heavy atom. The largest absolute Gasteiger partial charge is 0.371 e. The van der Waals surface area contributed by atoms with Crippen molar-refractivity contribution in [2.45, 2.75) is 32.2 Å². The van der Waals surface area contributed by atoms with Crippen molar-refractivity contribution in [3.05, 3.63) is 65.7 Å². The van der Waals surface area contributed by atoms with Gasteiger partial charge in [-0.15, -0.1) is 0 Å². The lowest BCUT2D eigenvalue weighted by atomic mass is 10.0. The van der Waals surface area contributed by atoms with Crippen LogP contribution in [0.25, 0.3) is 0 Å². The highest BCUT2D eigenvalue weighted by atomic mass is 16.1. The maximum absolute atomic E-state index is 12.2. The van der Waals surface area contributed by atoms with Crippen molar-refractivity contribution >= 4 is 11.6 Å². The van der Waals surface area contributed by atoms with Gasteiger partial charge in [0.05, 0.1) is 6.04 Å². The first-order chi connectivity index (χ1) is 11.2. The lowest BCUT2D eigenvalue weighted by Gasteiger charge is -2.31. The maximum Gasteiger partial charge on any atom is 0.222 e. The zero-order valence-electron chi connectivity index (χ0n) is 13.7. The maximum atomic E-state index is 12.2. The summed E-state index contributed by atoms with van der Waals surface area (Å²) in [7, 11) is 0. The van der Waals surface area contributed by atoms with Gasteiger partial charge >= 0.3 is 0 Å². The topological polar surface area (TPSA) is 32.3 Å². The fourth-order valence-corrected chi connectivity index (χ4v) is 3.22. The third kappa shape index (κ3) is 3.92. The van der Waals surface area contributed by atoms with Crippen LogP contribution in [0, 0.1) is 0 Å². The van der Waals surface area contributed by atoms with Gasteiger partial charge in [-0.2, -0.15) is 0 Å². The molecule has 1 atom stereocenters. The number of aryl methyl sites for hydroxylation is 1. The lowest BCUT2D eigenvalue weighted by Crippen LogP contribution is -2.34. The molecule has 1 amide bonds. The van der Waals surface area contributed by atoms with Gasteiger partial charge in [-0.05, 0) is 37.0 Å². The molecule has 23 heavy (non-hydrogen) atoms.